The molecule has 1 unspecified atom stereocenters. The maximum Gasteiger partial charge on any atom is 0.347 e. The van der Waals surface area contributed by atoms with Gasteiger partial charge in [0.05, 0.1) is 31.3 Å². The average molecular weight is 599 g/mol. The van der Waals surface area contributed by atoms with Crippen LogP contribution in [-0.4, -0.2) is 69.2 Å². The van der Waals surface area contributed by atoms with Crippen molar-refractivity contribution in [2.75, 3.05) is 33.4 Å². The summed E-state index contributed by atoms with van der Waals surface area (Å²) in [5.74, 6) is -0.314. The van der Waals surface area contributed by atoms with Gasteiger partial charge in [-0.1, -0.05) is 58.0 Å². The third kappa shape index (κ3) is 9.65. The molecule has 0 fully saturated rings. The summed E-state index contributed by atoms with van der Waals surface area (Å²) in [5.41, 5.74) is 0.942. The van der Waals surface area contributed by atoms with Gasteiger partial charge in [0.25, 0.3) is 0 Å². The fraction of sp³-hybridized carbons (Fsp3) is 0.586. The molecule has 0 spiro atoms. The summed E-state index contributed by atoms with van der Waals surface area (Å²) in [6.07, 6.45) is -0.758. The fourth-order valence-corrected chi connectivity index (χ4v) is 8.35. The van der Waals surface area contributed by atoms with E-state index in [2.05, 4.69) is 5.32 Å². The number of methoxy groups -OCH3 is 1. The molecule has 2 aromatic carbocycles. The predicted octanol–water partition coefficient (Wildman–Crippen LogP) is 5.15. The molecule has 0 aromatic heterocycles. The number of benzene rings is 2. The first-order valence-corrected chi connectivity index (χ1v) is 16.9. The van der Waals surface area contributed by atoms with Crippen molar-refractivity contribution in [1.82, 2.24) is 9.62 Å². The molecule has 0 aliphatic heterocycles. The van der Waals surface area contributed by atoms with Gasteiger partial charge in [0, 0.05) is 19.1 Å². The maximum absolute atomic E-state index is 13.8. The highest BCUT2D eigenvalue weighted by atomic mass is 32.2. The Balaban J connectivity index is 2.46. The monoisotopic (exact) mass is 598 g/mol. The van der Waals surface area contributed by atoms with Crippen LogP contribution >= 0.6 is 7.60 Å². The van der Waals surface area contributed by atoms with Gasteiger partial charge in [0.1, 0.15) is 11.5 Å². The summed E-state index contributed by atoms with van der Waals surface area (Å²) >= 11 is 0. The Morgan fingerprint density at radius 2 is 1.50 bits per heavy atom. The number of hydrogen-bond donors (Lipinski definition) is 2. The third-order valence-electron chi connectivity index (χ3n) is 6.39. The minimum Gasteiger partial charge on any atom is -0.497 e. The molecule has 2 rings (SSSR count). The third-order valence-corrected chi connectivity index (χ3v) is 10.9. The van der Waals surface area contributed by atoms with Crippen LogP contribution in [0.4, 0.5) is 0 Å². The molecule has 0 amide bonds. The van der Waals surface area contributed by atoms with E-state index in [0.29, 0.717) is 12.2 Å². The minimum absolute atomic E-state index is 0.0142. The molecule has 40 heavy (non-hydrogen) atoms. The summed E-state index contributed by atoms with van der Waals surface area (Å²) in [6, 6.07) is 15.2. The highest BCUT2D eigenvalue weighted by molar-refractivity contribution is 7.89. The lowest BCUT2D eigenvalue weighted by Crippen LogP contribution is -2.53. The number of aliphatic hydroxyl groups is 1. The van der Waals surface area contributed by atoms with Crippen LogP contribution in [0.5, 0.6) is 5.75 Å². The van der Waals surface area contributed by atoms with Crippen LogP contribution in [-0.2, 0) is 30.1 Å². The molecule has 226 valence electrons. The van der Waals surface area contributed by atoms with Gasteiger partial charge < -0.3 is 18.9 Å². The first-order valence-electron chi connectivity index (χ1n) is 13.9. The molecule has 3 atom stereocenters. The SMILES string of the molecule is CCOP(=O)(OCC)C(N[C@@H](Cc1ccccc1)[C@@H](O)CN(CC(C)C)S(=O)(=O)c1ccc(OC)cc1)C(C)C. The van der Waals surface area contributed by atoms with Crippen molar-refractivity contribution in [3.63, 3.8) is 0 Å². The number of sulfonamides is 1. The Morgan fingerprint density at radius 1 is 0.925 bits per heavy atom. The van der Waals surface area contributed by atoms with Gasteiger partial charge in [-0.05, 0) is 61.9 Å². The van der Waals surface area contributed by atoms with Crippen molar-refractivity contribution in [2.24, 2.45) is 11.8 Å². The second-order valence-corrected chi connectivity index (χ2v) is 14.6. The summed E-state index contributed by atoms with van der Waals surface area (Å²) in [5, 5.41) is 15.0. The number of ether oxygens (including phenoxy) is 1. The number of aliphatic hydroxyl groups excluding tert-OH is 1. The zero-order valence-electron chi connectivity index (χ0n) is 24.8. The second kappa shape index (κ2) is 16.0. The Bertz CT molecular complexity index is 1150. The Hall–Kier alpha value is -1.78. The van der Waals surface area contributed by atoms with E-state index in [0.717, 1.165) is 5.56 Å². The zero-order chi connectivity index (χ0) is 29.9. The van der Waals surface area contributed by atoms with E-state index in [4.69, 9.17) is 13.8 Å². The van der Waals surface area contributed by atoms with E-state index in [-0.39, 0.29) is 43.0 Å². The molecule has 0 heterocycles. The van der Waals surface area contributed by atoms with Gasteiger partial charge in [0.2, 0.25) is 10.0 Å². The van der Waals surface area contributed by atoms with E-state index in [9.17, 15) is 18.1 Å². The molecule has 0 saturated carbocycles. The summed E-state index contributed by atoms with van der Waals surface area (Å²) in [6.45, 7) is 11.7. The Kier molecular flexibility index (Phi) is 13.8. The molecule has 0 aliphatic carbocycles. The van der Waals surface area contributed by atoms with E-state index < -0.39 is 35.5 Å². The van der Waals surface area contributed by atoms with E-state index >= 15 is 0 Å². The molecule has 0 aliphatic rings. The highest BCUT2D eigenvalue weighted by Gasteiger charge is 2.41. The van der Waals surface area contributed by atoms with Crippen LogP contribution in [0.2, 0.25) is 0 Å². The molecule has 0 saturated heterocycles. The molecule has 2 aromatic rings. The van der Waals surface area contributed by atoms with Crippen molar-refractivity contribution in [2.45, 2.75) is 70.8 Å². The predicted molar refractivity (Wildman–Crippen MR) is 159 cm³/mol. The van der Waals surface area contributed by atoms with E-state index in [1.807, 2.05) is 58.0 Å². The molecular weight excluding hydrogens is 551 g/mol. The maximum atomic E-state index is 13.8. The van der Waals surface area contributed by atoms with Crippen molar-refractivity contribution < 1.29 is 31.9 Å². The number of rotatable bonds is 18. The van der Waals surface area contributed by atoms with Crippen molar-refractivity contribution in [3.8, 4) is 5.75 Å². The van der Waals surface area contributed by atoms with Crippen LogP contribution in [0.15, 0.2) is 59.5 Å². The smallest absolute Gasteiger partial charge is 0.347 e. The zero-order valence-corrected chi connectivity index (χ0v) is 26.5. The standard InChI is InChI=1S/C29H47N2O7PS/c1-8-37-39(33,38-9-2)29(23(5)6)30-27(19-24-13-11-10-12-14-24)28(32)21-31(20-22(3)4)40(34,35)26-17-15-25(36-7)16-18-26/h10-18,22-23,27-30,32H,8-9,19-21H2,1-7H3/t27-,28-,29?/m0/s1. The Labute approximate surface area is 240 Å². The number of nitrogens with zero attached hydrogens (tertiary/aromatic N) is 1. The second-order valence-electron chi connectivity index (χ2n) is 10.5. The van der Waals surface area contributed by atoms with Gasteiger partial charge >= 0.3 is 7.60 Å². The molecular formula is C29H47N2O7PS. The summed E-state index contributed by atoms with van der Waals surface area (Å²) in [4.78, 5) is 0.117. The van der Waals surface area contributed by atoms with Crippen LogP contribution in [0.25, 0.3) is 0 Å². The lowest BCUT2D eigenvalue weighted by atomic mass is 10.00. The molecule has 2 N–H and O–H groups in total. The van der Waals surface area contributed by atoms with E-state index in [1.165, 1.54) is 23.5 Å². The van der Waals surface area contributed by atoms with Gasteiger partial charge in [-0.2, -0.15) is 4.31 Å². The molecule has 0 bridgehead atoms. The van der Waals surface area contributed by atoms with E-state index in [1.54, 1.807) is 26.0 Å². The fourth-order valence-electron chi connectivity index (χ4n) is 4.51. The lowest BCUT2D eigenvalue weighted by molar-refractivity contribution is 0.0938. The largest absolute Gasteiger partial charge is 0.497 e. The van der Waals surface area contributed by atoms with Crippen molar-refractivity contribution in [3.05, 3.63) is 60.2 Å². The molecule has 11 heteroatoms. The first kappa shape index (κ1) is 34.4. The van der Waals surface area contributed by atoms with Crippen molar-refractivity contribution >= 4 is 17.6 Å². The normalized spacial score (nSPS) is 15.0. The number of nitrogens with one attached hydrogen (secondary N) is 1. The van der Waals surface area contributed by atoms with Crippen LogP contribution < -0.4 is 10.1 Å². The number of hydrogen-bond acceptors (Lipinski definition) is 8. The van der Waals surface area contributed by atoms with Gasteiger partial charge in [-0.3, -0.25) is 9.88 Å². The summed E-state index contributed by atoms with van der Waals surface area (Å²) < 4.78 is 59.1. The molecule has 9 nitrogen and oxygen atoms in total. The average Bonchev–Trinajstić information content (AvgIpc) is 2.90. The summed E-state index contributed by atoms with van der Waals surface area (Å²) in [7, 11) is -6.00. The molecule has 0 radical (unpaired) electrons. The van der Waals surface area contributed by atoms with Crippen LogP contribution in [0, 0.1) is 11.8 Å². The van der Waals surface area contributed by atoms with Crippen LogP contribution in [0.3, 0.4) is 0 Å². The van der Waals surface area contributed by atoms with Crippen molar-refractivity contribution in [1.29, 1.82) is 0 Å². The van der Waals surface area contributed by atoms with Gasteiger partial charge in [-0.25, -0.2) is 8.42 Å². The lowest BCUT2D eigenvalue weighted by Gasteiger charge is -2.36. The van der Waals surface area contributed by atoms with Gasteiger partial charge in [-0.15, -0.1) is 0 Å². The quantitative estimate of drug-likeness (QED) is 0.227. The minimum atomic E-state index is -3.93. The topological polar surface area (TPSA) is 114 Å². The van der Waals surface area contributed by atoms with Crippen LogP contribution in [0.1, 0.15) is 47.1 Å². The highest BCUT2D eigenvalue weighted by Crippen LogP contribution is 2.54. The van der Waals surface area contributed by atoms with Gasteiger partial charge in [0.15, 0.2) is 0 Å². The first-order chi connectivity index (χ1) is 18.9. The Morgan fingerprint density at radius 3 is 1.98 bits per heavy atom.